The molecule has 16 heavy (non-hydrogen) atoms. The normalized spacial score (nSPS) is 11.8. The third-order valence-corrected chi connectivity index (χ3v) is 2.68. The minimum atomic E-state index is 0.380. The second-order valence-corrected chi connectivity index (χ2v) is 3.98. The fraction of sp³-hybridized carbons (Fsp3) is 0.357. The van der Waals surface area contributed by atoms with E-state index in [0.29, 0.717) is 18.2 Å². The fourth-order valence-electron chi connectivity index (χ4n) is 1.56. The van der Waals surface area contributed by atoms with Crippen LogP contribution < -0.4 is 0 Å². The van der Waals surface area contributed by atoms with Crippen molar-refractivity contribution >= 4 is 0 Å². The topological polar surface area (TPSA) is 27.0 Å². The van der Waals surface area contributed by atoms with E-state index in [1.165, 1.54) is 5.56 Å². The van der Waals surface area contributed by atoms with Gasteiger partial charge in [0.05, 0.1) is 18.2 Å². The van der Waals surface area contributed by atoms with Crippen molar-refractivity contribution < 1.29 is 0 Å². The van der Waals surface area contributed by atoms with Crippen LogP contribution in [0.3, 0.4) is 0 Å². The molecule has 0 aliphatic rings. The molecule has 0 N–H and O–H groups in total. The van der Waals surface area contributed by atoms with Gasteiger partial charge in [-0.3, -0.25) is 4.90 Å². The Bertz CT molecular complexity index is 423. The molecule has 0 bridgehead atoms. The molecule has 82 valence electrons. The Hall–Kier alpha value is -1.77. The van der Waals surface area contributed by atoms with Crippen LogP contribution in [-0.2, 0) is 6.42 Å². The molecule has 0 radical (unpaired) electrons. The van der Waals surface area contributed by atoms with Gasteiger partial charge >= 0.3 is 0 Å². The van der Waals surface area contributed by atoms with Crippen LogP contribution in [-0.4, -0.2) is 24.5 Å². The highest BCUT2D eigenvalue weighted by Crippen LogP contribution is 2.09. The summed E-state index contributed by atoms with van der Waals surface area (Å²) in [6.45, 7) is 2.79. The predicted octanol–water partition coefficient (Wildman–Crippen LogP) is 2.05. The van der Waals surface area contributed by atoms with Gasteiger partial charge in [0, 0.05) is 6.04 Å². The summed E-state index contributed by atoms with van der Waals surface area (Å²) in [4.78, 5) is 2.12. The molecular weight excluding hydrogens is 196 g/mol. The molecule has 0 aromatic heterocycles. The molecule has 1 aromatic rings. The summed E-state index contributed by atoms with van der Waals surface area (Å²) in [7, 11) is 2.01. The Kier molecular flexibility index (Phi) is 4.58. The maximum absolute atomic E-state index is 8.80. The highest BCUT2D eigenvalue weighted by Gasteiger charge is 2.08. The van der Waals surface area contributed by atoms with Crippen LogP contribution >= 0.6 is 0 Å². The second-order valence-electron chi connectivity index (χ2n) is 3.98. The standard InChI is InChI=1S/C14H16N2/c1-4-8-16(3)12(2)9-13-6-5-7-14(10-13)11-15/h1,5-7,10,12H,8-9H2,2-3H3/t12-/m1/s1. The summed E-state index contributed by atoms with van der Waals surface area (Å²) in [5.41, 5.74) is 1.89. The molecule has 1 atom stereocenters. The average molecular weight is 212 g/mol. The van der Waals surface area contributed by atoms with Crippen molar-refractivity contribution in [2.75, 3.05) is 13.6 Å². The predicted molar refractivity (Wildman–Crippen MR) is 65.8 cm³/mol. The minimum absolute atomic E-state index is 0.380. The van der Waals surface area contributed by atoms with Crippen LogP contribution in [0.5, 0.6) is 0 Å². The number of hydrogen-bond acceptors (Lipinski definition) is 2. The molecule has 0 spiro atoms. The molecule has 0 saturated carbocycles. The van der Waals surface area contributed by atoms with Crippen molar-refractivity contribution in [1.29, 1.82) is 5.26 Å². The molecule has 2 nitrogen and oxygen atoms in total. The number of benzene rings is 1. The molecule has 0 unspecified atom stereocenters. The number of nitrogens with zero attached hydrogens (tertiary/aromatic N) is 2. The Morgan fingerprint density at radius 2 is 2.25 bits per heavy atom. The molecule has 1 aromatic carbocycles. The first-order valence-corrected chi connectivity index (χ1v) is 5.30. The first-order chi connectivity index (χ1) is 7.67. The van der Waals surface area contributed by atoms with Crippen LogP contribution in [0, 0.1) is 23.7 Å². The van der Waals surface area contributed by atoms with Crippen LogP contribution in [0.2, 0.25) is 0 Å². The lowest BCUT2D eigenvalue weighted by molar-refractivity contribution is 0.287. The largest absolute Gasteiger partial charge is 0.292 e. The van der Waals surface area contributed by atoms with Crippen LogP contribution in [0.15, 0.2) is 24.3 Å². The maximum Gasteiger partial charge on any atom is 0.0991 e. The van der Waals surface area contributed by atoms with E-state index in [4.69, 9.17) is 11.7 Å². The SMILES string of the molecule is C#CCN(C)[C@H](C)Cc1cccc(C#N)c1. The molecular formula is C14H16N2. The van der Waals surface area contributed by atoms with Gasteiger partial charge in [0.1, 0.15) is 0 Å². The maximum atomic E-state index is 8.80. The van der Waals surface area contributed by atoms with Gasteiger partial charge in [-0.1, -0.05) is 18.1 Å². The van der Waals surface area contributed by atoms with Gasteiger partial charge in [-0.25, -0.2) is 0 Å². The van der Waals surface area contributed by atoms with Gasteiger partial charge < -0.3 is 0 Å². The van der Waals surface area contributed by atoms with Gasteiger partial charge in [-0.05, 0) is 38.1 Å². The number of nitriles is 1. The van der Waals surface area contributed by atoms with Gasteiger partial charge in [-0.15, -0.1) is 6.42 Å². The van der Waals surface area contributed by atoms with E-state index in [2.05, 4.69) is 23.8 Å². The molecule has 2 heteroatoms. The van der Waals surface area contributed by atoms with Crippen LogP contribution in [0.1, 0.15) is 18.1 Å². The highest BCUT2D eigenvalue weighted by molar-refractivity contribution is 5.33. The second kappa shape index (κ2) is 5.95. The summed E-state index contributed by atoms with van der Waals surface area (Å²) in [6.07, 6.45) is 6.18. The summed E-state index contributed by atoms with van der Waals surface area (Å²) in [5.74, 6) is 2.63. The lowest BCUT2D eigenvalue weighted by atomic mass is 10.0. The molecule has 0 aliphatic carbocycles. The smallest absolute Gasteiger partial charge is 0.0991 e. The number of likely N-dealkylation sites (N-methyl/N-ethyl adjacent to an activating group) is 1. The van der Waals surface area contributed by atoms with E-state index in [-0.39, 0.29) is 0 Å². The van der Waals surface area contributed by atoms with E-state index < -0.39 is 0 Å². The van der Waals surface area contributed by atoms with Gasteiger partial charge in [0.15, 0.2) is 0 Å². The van der Waals surface area contributed by atoms with Crippen molar-refractivity contribution in [3.63, 3.8) is 0 Å². The van der Waals surface area contributed by atoms with Crippen molar-refractivity contribution in [2.45, 2.75) is 19.4 Å². The zero-order chi connectivity index (χ0) is 12.0. The quantitative estimate of drug-likeness (QED) is 0.714. The van der Waals surface area contributed by atoms with Gasteiger partial charge in [0.2, 0.25) is 0 Å². The Morgan fingerprint density at radius 3 is 2.88 bits per heavy atom. The Balaban J connectivity index is 2.66. The monoisotopic (exact) mass is 212 g/mol. The van der Waals surface area contributed by atoms with Crippen LogP contribution in [0.4, 0.5) is 0 Å². The molecule has 1 rings (SSSR count). The third kappa shape index (κ3) is 3.42. The Labute approximate surface area is 97.5 Å². The van der Waals surface area contributed by atoms with Crippen LogP contribution in [0.25, 0.3) is 0 Å². The lowest BCUT2D eigenvalue weighted by Gasteiger charge is -2.22. The van der Waals surface area contributed by atoms with Crippen molar-refractivity contribution in [3.05, 3.63) is 35.4 Å². The first kappa shape index (κ1) is 12.3. The third-order valence-electron chi connectivity index (χ3n) is 2.68. The number of hydrogen-bond donors (Lipinski definition) is 0. The number of terminal acetylenes is 1. The Morgan fingerprint density at radius 1 is 1.50 bits per heavy atom. The minimum Gasteiger partial charge on any atom is -0.292 e. The first-order valence-electron chi connectivity index (χ1n) is 5.30. The molecule has 0 fully saturated rings. The summed E-state index contributed by atoms with van der Waals surface area (Å²) in [6, 6.07) is 10.2. The number of rotatable bonds is 4. The van der Waals surface area contributed by atoms with E-state index >= 15 is 0 Å². The van der Waals surface area contributed by atoms with Gasteiger partial charge in [-0.2, -0.15) is 5.26 Å². The van der Waals surface area contributed by atoms with E-state index in [0.717, 1.165) is 6.42 Å². The highest BCUT2D eigenvalue weighted by atomic mass is 15.1. The lowest BCUT2D eigenvalue weighted by Crippen LogP contribution is -2.31. The molecule has 0 saturated heterocycles. The zero-order valence-corrected chi connectivity index (χ0v) is 9.77. The summed E-state index contributed by atoms with van der Waals surface area (Å²) >= 11 is 0. The zero-order valence-electron chi connectivity index (χ0n) is 9.77. The van der Waals surface area contributed by atoms with E-state index in [1.54, 1.807) is 0 Å². The van der Waals surface area contributed by atoms with Crippen molar-refractivity contribution in [1.82, 2.24) is 4.90 Å². The fourth-order valence-corrected chi connectivity index (χ4v) is 1.56. The van der Waals surface area contributed by atoms with Crippen molar-refractivity contribution in [2.24, 2.45) is 0 Å². The van der Waals surface area contributed by atoms with E-state index in [9.17, 15) is 0 Å². The molecule has 0 aliphatic heterocycles. The molecule has 0 heterocycles. The molecule has 0 amide bonds. The van der Waals surface area contributed by atoms with Crippen molar-refractivity contribution in [3.8, 4) is 18.4 Å². The average Bonchev–Trinajstić information content (AvgIpc) is 2.29. The van der Waals surface area contributed by atoms with Gasteiger partial charge in [0.25, 0.3) is 0 Å². The summed E-state index contributed by atoms with van der Waals surface area (Å²) in [5, 5.41) is 8.80. The summed E-state index contributed by atoms with van der Waals surface area (Å²) < 4.78 is 0. The van der Waals surface area contributed by atoms with E-state index in [1.807, 2.05) is 31.3 Å².